The van der Waals surface area contributed by atoms with Crippen LogP contribution in [0.1, 0.15) is 29.8 Å². The first kappa shape index (κ1) is 14.7. The Bertz CT molecular complexity index is 429. The molecule has 0 saturated carbocycles. The summed E-state index contributed by atoms with van der Waals surface area (Å²) in [4.78, 5) is 23.1. The van der Waals surface area contributed by atoms with Gasteiger partial charge in [0.15, 0.2) is 0 Å². The summed E-state index contributed by atoms with van der Waals surface area (Å²) in [6.45, 7) is 3.67. The molecule has 1 aromatic rings. The first-order valence-electron chi connectivity index (χ1n) is 5.70. The summed E-state index contributed by atoms with van der Waals surface area (Å²) >= 11 is 3.34. The number of benzene rings is 1. The van der Waals surface area contributed by atoms with Crippen LogP contribution in [0.3, 0.4) is 0 Å². The highest BCUT2D eigenvalue weighted by atomic mass is 79.9. The summed E-state index contributed by atoms with van der Waals surface area (Å²) in [5, 5.41) is 3.39. The van der Waals surface area contributed by atoms with E-state index in [2.05, 4.69) is 21.2 Å². The Morgan fingerprint density at radius 1 is 1.28 bits per heavy atom. The molecule has 1 unspecified atom stereocenters. The van der Waals surface area contributed by atoms with Crippen LogP contribution in [0.4, 0.5) is 0 Å². The molecule has 1 aromatic carbocycles. The highest BCUT2D eigenvalue weighted by Crippen LogP contribution is 2.09. The van der Waals surface area contributed by atoms with Gasteiger partial charge in [0.05, 0.1) is 0 Å². The van der Waals surface area contributed by atoms with Gasteiger partial charge >= 0.3 is 0 Å². The maximum Gasteiger partial charge on any atom is 0.251 e. The smallest absolute Gasteiger partial charge is 0.251 e. The minimum atomic E-state index is -0.645. The molecular weight excluding hydrogens is 296 g/mol. The molecule has 0 aromatic heterocycles. The van der Waals surface area contributed by atoms with E-state index in [-0.39, 0.29) is 11.8 Å². The molecule has 2 amide bonds. The fraction of sp³-hybridized carbons (Fsp3) is 0.385. The zero-order valence-corrected chi connectivity index (χ0v) is 12.0. The fourth-order valence-electron chi connectivity index (χ4n) is 1.54. The van der Waals surface area contributed by atoms with Gasteiger partial charge in [-0.1, -0.05) is 41.9 Å². The van der Waals surface area contributed by atoms with Crippen LogP contribution in [0.5, 0.6) is 0 Å². The van der Waals surface area contributed by atoms with Gasteiger partial charge in [-0.25, -0.2) is 0 Å². The second-order valence-electron chi connectivity index (χ2n) is 4.43. The molecule has 0 fully saturated rings. The van der Waals surface area contributed by atoms with Crippen LogP contribution in [0.25, 0.3) is 0 Å². The number of primary amides is 1. The minimum absolute atomic E-state index is 0.0340. The molecule has 5 heteroatoms. The van der Waals surface area contributed by atoms with E-state index in [4.69, 9.17) is 5.73 Å². The number of carbonyl (C=O) groups excluding carboxylic acids is 2. The SMILES string of the molecule is CC(C)C(NC(=O)c1ccc(CBr)cc1)C(N)=O. The molecule has 0 bridgehead atoms. The molecule has 3 N–H and O–H groups in total. The van der Waals surface area contributed by atoms with Crippen molar-refractivity contribution in [2.75, 3.05) is 0 Å². The molecular formula is C13H17BrN2O2. The number of nitrogens with two attached hydrogens (primary N) is 1. The molecule has 1 rings (SSSR count). The zero-order chi connectivity index (χ0) is 13.7. The first-order valence-corrected chi connectivity index (χ1v) is 6.83. The third kappa shape index (κ3) is 3.84. The summed E-state index contributed by atoms with van der Waals surface area (Å²) in [5.74, 6) is -0.836. The van der Waals surface area contributed by atoms with Gasteiger partial charge in [-0.05, 0) is 23.6 Å². The van der Waals surface area contributed by atoms with Gasteiger partial charge in [-0.15, -0.1) is 0 Å². The summed E-state index contributed by atoms with van der Waals surface area (Å²) in [6.07, 6.45) is 0. The van der Waals surface area contributed by atoms with Gasteiger partial charge < -0.3 is 11.1 Å². The van der Waals surface area contributed by atoms with E-state index in [0.29, 0.717) is 5.56 Å². The van der Waals surface area contributed by atoms with Gasteiger partial charge in [0.2, 0.25) is 5.91 Å². The first-order chi connectivity index (χ1) is 8.45. The average Bonchev–Trinajstić information content (AvgIpc) is 2.35. The van der Waals surface area contributed by atoms with Crippen LogP contribution in [-0.2, 0) is 10.1 Å². The van der Waals surface area contributed by atoms with Crippen molar-refractivity contribution in [3.8, 4) is 0 Å². The number of halogens is 1. The Morgan fingerprint density at radius 3 is 2.22 bits per heavy atom. The lowest BCUT2D eigenvalue weighted by atomic mass is 10.0. The van der Waals surface area contributed by atoms with Crippen molar-refractivity contribution in [2.24, 2.45) is 11.7 Å². The molecule has 0 spiro atoms. The van der Waals surface area contributed by atoms with Gasteiger partial charge in [0.25, 0.3) is 5.91 Å². The van der Waals surface area contributed by atoms with Crippen LogP contribution in [0, 0.1) is 5.92 Å². The molecule has 0 aliphatic rings. The number of hydrogen-bond acceptors (Lipinski definition) is 2. The van der Waals surface area contributed by atoms with E-state index < -0.39 is 11.9 Å². The highest BCUT2D eigenvalue weighted by Gasteiger charge is 2.21. The van der Waals surface area contributed by atoms with E-state index in [1.165, 1.54) is 0 Å². The van der Waals surface area contributed by atoms with Gasteiger partial charge in [0.1, 0.15) is 6.04 Å². The van der Waals surface area contributed by atoms with Crippen LogP contribution >= 0.6 is 15.9 Å². The third-order valence-corrected chi connectivity index (χ3v) is 3.28. The fourth-order valence-corrected chi connectivity index (χ4v) is 1.91. The highest BCUT2D eigenvalue weighted by molar-refractivity contribution is 9.08. The molecule has 1 atom stereocenters. The van der Waals surface area contributed by atoms with Crippen LogP contribution < -0.4 is 11.1 Å². The predicted octanol–water partition coefficient (Wildman–Crippen LogP) is 1.82. The van der Waals surface area contributed by atoms with Crippen molar-refractivity contribution in [3.63, 3.8) is 0 Å². The molecule has 0 aliphatic heterocycles. The van der Waals surface area contributed by atoms with E-state index >= 15 is 0 Å². The number of hydrogen-bond donors (Lipinski definition) is 2. The quantitative estimate of drug-likeness (QED) is 0.814. The van der Waals surface area contributed by atoms with Crippen LogP contribution in [0.2, 0.25) is 0 Å². The van der Waals surface area contributed by atoms with Crippen LogP contribution in [0.15, 0.2) is 24.3 Å². The number of rotatable bonds is 5. The van der Waals surface area contributed by atoms with Crippen molar-refractivity contribution in [3.05, 3.63) is 35.4 Å². The number of alkyl halides is 1. The lowest BCUT2D eigenvalue weighted by Crippen LogP contribution is -2.47. The summed E-state index contributed by atoms with van der Waals surface area (Å²) in [5.41, 5.74) is 6.85. The largest absolute Gasteiger partial charge is 0.368 e. The molecule has 4 nitrogen and oxygen atoms in total. The number of carbonyl (C=O) groups is 2. The summed E-state index contributed by atoms with van der Waals surface area (Å²) in [6, 6.07) is 6.53. The zero-order valence-electron chi connectivity index (χ0n) is 10.4. The topological polar surface area (TPSA) is 72.2 Å². The molecule has 98 valence electrons. The van der Waals surface area contributed by atoms with Gasteiger partial charge in [-0.3, -0.25) is 9.59 Å². The van der Waals surface area contributed by atoms with Gasteiger partial charge in [0, 0.05) is 10.9 Å². The van der Waals surface area contributed by atoms with Crippen molar-refractivity contribution in [1.29, 1.82) is 0 Å². The second-order valence-corrected chi connectivity index (χ2v) is 4.99. The maximum atomic E-state index is 11.9. The number of amides is 2. The monoisotopic (exact) mass is 312 g/mol. The Labute approximate surface area is 115 Å². The van der Waals surface area contributed by atoms with E-state index in [0.717, 1.165) is 10.9 Å². The molecule has 0 radical (unpaired) electrons. The van der Waals surface area contributed by atoms with E-state index in [1.54, 1.807) is 12.1 Å². The van der Waals surface area contributed by atoms with E-state index in [9.17, 15) is 9.59 Å². The Morgan fingerprint density at radius 2 is 1.83 bits per heavy atom. The Hall–Kier alpha value is -1.36. The maximum absolute atomic E-state index is 11.9. The lowest BCUT2D eigenvalue weighted by Gasteiger charge is -2.18. The molecule has 0 saturated heterocycles. The molecule has 18 heavy (non-hydrogen) atoms. The minimum Gasteiger partial charge on any atom is -0.368 e. The summed E-state index contributed by atoms with van der Waals surface area (Å²) in [7, 11) is 0. The normalized spacial score (nSPS) is 12.2. The van der Waals surface area contributed by atoms with Crippen molar-refractivity contribution in [2.45, 2.75) is 25.2 Å². The molecule has 0 heterocycles. The van der Waals surface area contributed by atoms with Crippen molar-refractivity contribution < 1.29 is 9.59 Å². The predicted molar refractivity (Wildman–Crippen MR) is 74.4 cm³/mol. The lowest BCUT2D eigenvalue weighted by molar-refractivity contribution is -0.120. The van der Waals surface area contributed by atoms with Crippen LogP contribution in [-0.4, -0.2) is 17.9 Å². The van der Waals surface area contributed by atoms with E-state index in [1.807, 2.05) is 26.0 Å². The van der Waals surface area contributed by atoms with Gasteiger partial charge in [-0.2, -0.15) is 0 Å². The van der Waals surface area contributed by atoms with Crippen molar-refractivity contribution >= 4 is 27.7 Å². The summed E-state index contributed by atoms with van der Waals surface area (Å²) < 4.78 is 0. The second kappa shape index (κ2) is 6.54. The Balaban J connectivity index is 2.77. The number of nitrogens with one attached hydrogen (secondary N) is 1. The third-order valence-electron chi connectivity index (χ3n) is 2.63. The standard InChI is InChI=1S/C13H17BrN2O2/c1-8(2)11(12(15)17)16-13(18)10-5-3-9(7-14)4-6-10/h3-6,8,11H,7H2,1-2H3,(H2,15,17)(H,16,18). The average molecular weight is 313 g/mol. The molecule has 0 aliphatic carbocycles. The van der Waals surface area contributed by atoms with Crippen molar-refractivity contribution in [1.82, 2.24) is 5.32 Å². The Kier molecular flexibility index (Phi) is 5.34.